The maximum atomic E-state index is 12.7. The first kappa shape index (κ1) is 21.7. The summed E-state index contributed by atoms with van der Waals surface area (Å²) in [5.41, 5.74) is 3.99. The van der Waals surface area contributed by atoms with Crippen LogP contribution >= 0.6 is 0 Å². The first-order valence-corrected chi connectivity index (χ1v) is 10.9. The van der Waals surface area contributed by atoms with Gasteiger partial charge in [-0.2, -0.15) is 0 Å². The molecule has 0 aliphatic heterocycles. The molecule has 0 aliphatic rings. The monoisotopic (exact) mass is 432 g/mol. The number of benzene rings is 2. The standard InChI is InChI=1S/C26H28N2O4/c1-5-7-14-28-21-11-9-8-10-18(21)19-16-20(26(29)32-6-2)27-24(25(19)28)17-12-13-22(30-3)23(15-17)31-4/h8-13,15-16H,5-7,14H2,1-4H3. The molecule has 6 heteroatoms. The van der Waals surface area contributed by atoms with Gasteiger partial charge in [-0.3, -0.25) is 0 Å². The Bertz CT molecular complexity index is 1280. The van der Waals surface area contributed by atoms with Crippen LogP contribution in [0.5, 0.6) is 11.5 Å². The molecule has 0 N–H and O–H groups in total. The fourth-order valence-corrected chi connectivity index (χ4v) is 4.12. The highest BCUT2D eigenvalue weighted by molar-refractivity contribution is 6.13. The van der Waals surface area contributed by atoms with E-state index in [0.29, 0.717) is 23.8 Å². The van der Waals surface area contributed by atoms with Crippen molar-refractivity contribution >= 4 is 27.8 Å². The van der Waals surface area contributed by atoms with Crippen LogP contribution in [-0.2, 0) is 11.3 Å². The number of aromatic nitrogens is 2. The molecule has 0 atom stereocenters. The summed E-state index contributed by atoms with van der Waals surface area (Å²) in [7, 11) is 3.22. The number of ether oxygens (including phenoxy) is 3. The molecule has 6 nitrogen and oxygen atoms in total. The van der Waals surface area contributed by atoms with Crippen molar-refractivity contribution in [1.82, 2.24) is 9.55 Å². The highest BCUT2D eigenvalue weighted by Crippen LogP contribution is 2.38. The molecular weight excluding hydrogens is 404 g/mol. The maximum Gasteiger partial charge on any atom is 0.356 e. The van der Waals surface area contributed by atoms with Crippen LogP contribution < -0.4 is 9.47 Å². The van der Waals surface area contributed by atoms with E-state index in [1.165, 1.54) is 0 Å². The van der Waals surface area contributed by atoms with Crippen LogP contribution in [0.1, 0.15) is 37.2 Å². The van der Waals surface area contributed by atoms with E-state index in [9.17, 15) is 4.79 Å². The number of unbranched alkanes of at least 4 members (excludes halogenated alkanes) is 1. The van der Waals surface area contributed by atoms with Gasteiger partial charge in [0.05, 0.1) is 32.0 Å². The second-order valence-electron chi connectivity index (χ2n) is 7.56. The molecule has 0 amide bonds. The molecule has 0 fully saturated rings. The molecule has 0 radical (unpaired) electrons. The van der Waals surface area contributed by atoms with Gasteiger partial charge in [0.1, 0.15) is 5.69 Å². The SMILES string of the molecule is CCCCn1c2ccccc2c2cc(C(=O)OCC)nc(-c3ccc(OC)c(OC)c3)c21. The molecule has 0 bridgehead atoms. The average Bonchev–Trinajstić information content (AvgIpc) is 3.15. The zero-order valence-corrected chi connectivity index (χ0v) is 19.0. The Balaban J connectivity index is 2.08. The Hall–Kier alpha value is -3.54. The Labute approximate surface area is 187 Å². The van der Waals surface area contributed by atoms with E-state index in [-0.39, 0.29) is 0 Å². The van der Waals surface area contributed by atoms with Crippen LogP contribution in [0.2, 0.25) is 0 Å². The van der Waals surface area contributed by atoms with Gasteiger partial charge in [0.15, 0.2) is 11.5 Å². The number of rotatable bonds is 8. The second kappa shape index (κ2) is 9.30. The molecule has 32 heavy (non-hydrogen) atoms. The summed E-state index contributed by atoms with van der Waals surface area (Å²) in [5.74, 6) is 0.819. The number of carbonyl (C=O) groups excluding carboxylic acids is 1. The lowest BCUT2D eigenvalue weighted by Gasteiger charge is -2.14. The van der Waals surface area contributed by atoms with E-state index < -0.39 is 5.97 Å². The lowest BCUT2D eigenvalue weighted by molar-refractivity contribution is 0.0520. The summed E-state index contributed by atoms with van der Waals surface area (Å²) in [6.45, 7) is 5.13. The van der Waals surface area contributed by atoms with Crippen LogP contribution in [0.25, 0.3) is 33.1 Å². The Morgan fingerprint density at radius 1 is 0.969 bits per heavy atom. The molecule has 0 saturated carbocycles. The number of hydrogen-bond donors (Lipinski definition) is 0. The predicted octanol–water partition coefficient (Wildman–Crippen LogP) is 5.85. The second-order valence-corrected chi connectivity index (χ2v) is 7.56. The van der Waals surface area contributed by atoms with Gasteiger partial charge in [-0.15, -0.1) is 0 Å². The van der Waals surface area contributed by atoms with E-state index in [4.69, 9.17) is 19.2 Å². The van der Waals surface area contributed by atoms with Crippen LogP contribution in [0.4, 0.5) is 0 Å². The van der Waals surface area contributed by atoms with Gasteiger partial charge in [-0.05, 0) is 43.7 Å². The summed E-state index contributed by atoms with van der Waals surface area (Å²) in [5, 5.41) is 2.08. The van der Waals surface area contributed by atoms with Crippen molar-refractivity contribution in [3.8, 4) is 22.8 Å². The summed E-state index contributed by atoms with van der Waals surface area (Å²) in [6.07, 6.45) is 2.12. The molecule has 0 spiro atoms. The van der Waals surface area contributed by atoms with Crippen LogP contribution in [0.3, 0.4) is 0 Å². The van der Waals surface area contributed by atoms with Gasteiger partial charge in [-0.1, -0.05) is 31.5 Å². The molecule has 2 aromatic carbocycles. The van der Waals surface area contributed by atoms with Crippen LogP contribution in [-0.4, -0.2) is 36.3 Å². The number of esters is 1. The fraction of sp³-hybridized carbons (Fsp3) is 0.308. The largest absolute Gasteiger partial charge is 0.493 e. The third-order valence-corrected chi connectivity index (χ3v) is 5.62. The van der Waals surface area contributed by atoms with E-state index in [0.717, 1.165) is 52.4 Å². The fourth-order valence-electron chi connectivity index (χ4n) is 4.12. The van der Waals surface area contributed by atoms with Crippen molar-refractivity contribution in [3.05, 3.63) is 54.2 Å². The maximum absolute atomic E-state index is 12.7. The van der Waals surface area contributed by atoms with Gasteiger partial charge in [0.2, 0.25) is 0 Å². The number of hydrogen-bond acceptors (Lipinski definition) is 5. The predicted molar refractivity (Wildman–Crippen MR) is 127 cm³/mol. The Morgan fingerprint density at radius 3 is 2.47 bits per heavy atom. The third-order valence-electron chi connectivity index (χ3n) is 5.62. The lowest BCUT2D eigenvalue weighted by Crippen LogP contribution is -2.09. The normalized spacial score (nSPS) is 11.1. The van der Waals surface area contributed by atoms with Crippen molar-refractivity contribution in [2.45, 2.75) is 33.2 Å². The number of carbonyl (C=O) groups is 1. The smallest absolute Gasteiger partial charge is 0.356 e. The third kappa shape index (κ3) is 3.77. The highest BCUT2D eigenvalue weighted by atomic mass is 16.5. The van der Waals surface area contributed by atoms with Gasteiger partial charge in [0, 0.05) is 28.4 Å². The summed E-state index contributed by atoms with van der Waals surface area (Å²) in [4.78, 5) is 17.5. The van der Waals surface area contributed by atoms with Crippen LogP contribution in [0, 0.1) is 0 Å². The molecule has 166 valence electrons. The number of para-hydroxylation sites is 1. The van der Waals surface area contributed by atoms with E-state index in [1.54, 1.807) is 21.1 Å². The Kier molecular flexibility index (Phi) is 6.30. The molecule has 0 aliphatic carbocycles. The number of nitrogens with zero attached hydrogens (tertiary/aromatic N) is 2. The van der Waals surface area contributed by atoms with Crippen molar-refractivity contribution in [1.29, 1.82) is 0 Å². The van der Waals surface area contributed by atoms with E-state index >= 15 is 0 Å². The highest BCUT2D eigenvalue weighted by Gasteiger charge is 2.21. The topological polar surface area (TPSA) is 62.6 Å². The Morgan fingerprint density at radius 2 is 1.75 bits per heavy atom. The minimum atomic E-state index is -0.429. The molecule has 0 unspecified atom stereocenters. The quantitative estimate of drug-likeness (QED) is 0.327. The zero-order valence-electron chi connectivity index (χ0n) is 19.0. The summed E-state index contributed by atoms with van der Waals surface area (Å²) >= 11 is 0. The minimum absolute atomic E-state index is 0.294. The van der Waals surface area contributed by atoms with Gasteiger partial charge in [-0.25, -0.2) is 9.78 Å². The van der Waals surface area contributed by atoms with Crippen molar-refractivity contribution in [2.24, 2.45) is 0 Å². The number of aryl methyl sites for hydroxylation is 1. The van der Waals surface area contributed by atoms with E-state index in [1.807, 2.05) is 36.4 Å². The van der Waals surface area contributed by atoms with Crippen molar-refractivity contribution in [2.75, 3.05) is 20.8 Å². The minimum Gasteiger partial charge on any atom is -0.493 e. The first-order valence-electron chi connectivity index (χ1n) is 10.9. The number of fused-ring (bicyclic) bond motifs is 3. The average molecular weight is 433 g/mol. The van der Waals surface area contributed by atoms with Gasteiger partial charge >= 0.3 is 5.97 Å². The van der Waals surface area contributed by atoms with Crippen LogP contribution in [0.15, 0.2) is 48.5 Å². The van der Waals surface area contributed by atoms with Gasteiger partial charge < -0.3 is 18.8 Å². The zero-order chi connectivity index (χ0) is 22.7. The van der Waals surface area contributed by atoms with E-state index in [2.05, 4.69) is 23.6 Å². The lowest BCUT2D eigenvalue weighted by atomic mass is 10.1. The molecule has 4 rings (SSSR count). The summed E-state index contributed by atoms with van der Waals surface area (Å²) in [6, 6.07) is 15.8. The van der Waals surface area contributed by atoms with Crippen molar-refractivity contribution in [3.63, 3.8) is 0 Å². The first-order chi connectivity index (χ1) is 15.6. The van der Waals surface area contributed by atoms with Gasteiger partial charge in [0.25, 0.3) is 0 Å². The molecule has 0 saturated heterocycles. The van der Waals surface area contributed by atoms with Crippen molar-refractivity contribution < 1.29 is 19.0 Å². The number of methoxy groups -OCH3 is 2. The molecule has 2 heterocycles. The summed E-state index contributed by atoms with van der Waals surface area (Å²) < 4.78 is 18.5. The molecule has 4 aromatic rings. The molecular formula is C26H28N2O4. The number of pyridine rings is 1. The molecule has 2 aromatic heterocycles.